The molecule has 1 N–H and O–H groups in total. The fourth-order valence-electron chi connectivity index (χ4n) is 2.74. The molecule has 0 spiro atoms. The molecule has 0 atom stereocenters. The molecule has 10 heteroatoms. The molecule has 0 aromatic carbocycles. The number of nitrogens with zero attached hydrogens (tertiary/aromatic N) is 4. The molecule has 1 aliphatic rings. The van der Waals surface area contributed by atoms with E-state index in [0.717, 1.165) is 12.3 Å². The van der Waals surface area contributed by atoms with Crippen LogP contribution in [0.2, 0.25) is 5.02 Å². The van der Waals surface area contributed by atoms with Crippen LogP contribution in [0.4, 0.5) is 19.0 Å². The Labute approximate surface area is 152 Å². The predicted molar refractivity (Wildman–Crippen MR) is 89.0 cm³/mol. The topological polar surface area (TPSA) is 71.0 Å². The number of hydrogen-bond acceptors (Lipinski definition) is 5. The molecule has 1 aliphatic heterocycles. The minimum absolute atomic E-state index is 0.0386. The van der Waals surface area contributed by atoms with Gasteiger partial charge in [-0.1, -0.05) is 11.6 Å². The van der Waals surface area contributed by atoms with Crippen LogP contribution in [0.5, 0.6) is 0 Å². The van der Waals surface area contributed by atoms with E-state index in [1.165, 1.54) is 18.6 Å². The standard InChI is InChI=1S/C16H15ClF3N5O/c17-12-7-10(16(18,19)20)8-22-14(12)25-5-2-11(3-6-25)24-15(26)13-1-4-21-9-23-13/h1,4,7-9,11H,2-3,5-6H2,(H,24,26). The van der Waals surface area contributed by atoms with Crippen LogP contribution in [0.1, 0.15) is 28.9 Å². The van der Waals surface area contributed by atoms with E-state index >= 15 is 0 Å². The van der Waals surface area contributed by atoms with Crippen LogP contribution in [-0.2, 0) is 6.18 Å². The maximum Gasteiger partial charge on any atom is 0.417 e. The molecule has 26 heavy (non-hydrogen) atoms. The van der Waals surface area contributed by atoms with Gasteiger partial charge in [-0.15, -0.1) is 0 Å². The van der Waals surface area contributed by atoms with E-state index < -0.39 is 11.7 Å². The molecule has 1 amide bonds. The van der Waals surface area contributed by atoms with Crippen molar-refractivity contribution in [3.8, 4) is 0 Å². The quantitative estimate of drug-likeness (QED) is 0.879. The molecule has 3 rings (SSSR count). The molecule has 1 saturated heterocycles. The summed E-state index contributed by atoms with van der Waals surface area (Å²) in [5, 5.41) is 2.85. The van der Waals surface area contributed by atoms with Crippen molar-refractivity contribution >= 4 is 23.3 Å². The van der Waals surface area contributed by atoms with Gasteiger partial charge in [-0.05, 0) is 25.0 Å². The van der Waals surface area contributed by atoms with Gasteiger partial charge in [-0.2, -0.15) is 13.2 Å². The van der Waals surface area contributed by atoms with Gasteiger partial charge in [0.2, 0.25) is 0 Å². The number of piperidine rings is 1. The van der Waals surface area contributed by atoms with Crippen molar-refractivity contribution in [3.63, 3.8) is 0 Å². The van der Waals surface area contributed by atoms with Crippen LogP contribution in [0.15, 0.2) is 30.9 Å². The number of aromatic nitrogens is 3. The van der Waals surface area contributed by atoms with Crippen molar-refractivity contribution in [2.45, 2.75) is 25.1 Å². The lowest BCUT2D eigenvalue weighted by atomic mass is 10.0. The molecule has 0 bridgehead atoms. The smallest absolute Gasteiger partial charge is 0.355 e. The Morgan fingerprint density at radius 2 is 2.00 bits per heavy atom. The summed E-state index contributed by atoms with van der Waals surface area (Å²) in [4.78, 5) is 25.4. The lowest BCUT2D eigenvalue weighted by molar-refractivity contribution is -0.137. The summed E-state index contributed by atoms with van der Waals surface area (Å²) < 4.78 is 38.1. The zero-order chi connectivity index (χ0) is 18.7. The highest BCUT2D eigenvalue weighted by Crippen LogP contribution is 2.34. The molecule has 0 saturated carbocycles. The number of pyridine rings is 1. The second-order valence-electron chi connectivity index (χ2n) is 5.86. The third-order valence-corrected chi connectivity index (χ3v) is 4.37. The fourth-order valence-corrected chi connectivity index (χ4v) is 3.02. The van der Waals surface area contributed by atoms with E-state index in [2.05, 4.69) is 20.3 Å². The SMILES string of the molecule is O=C(NC1CCN(c2ncc(C(F)(F)F)cc2Cl)CC1)c1ccncn1. The van der Waals surface area contributed by atoms with E-state index in [4.69, 9.17) is 11.6 Å². The number of carbonyl (C=O) groups excluding carboxylic acids is 1. The number of carbonyl (C=O) groups is 1. The third-order valence-electron chi connectivity index (χ3n) is 4.09. The number of alkyl halides is 3. The zero-order valence-corrected chi connectivity index (χ0v) is 14.3. The van der Waals surface area contributed by atoms with Gasteiger partial charge in [0.15, 0.2) is 0 Å². The normalized spacial score (nSPS) is 15.8. The van der Waals surface area contributed by atoms with Gasteiger partial charge in [0.1, 0.15) is 17.8 Å². The molecule has 2 aromatic rings. The molecule has 0 radical (unpaired) electrons. The predicted octanol–water partition coefficient (Wildman–Crippen LogP) is 2.94. The van der Waals surface area contributed by atoms with E-state index in [9.17, 15) is 18.0 Å². The van der Waals surface area contributed by atoms with E-state index in [-0.39, 0.29) is 22.7 Å². The number of nitrogens with one attached hydrogen (secondary N) is 1. The number of anilines is 1. The largest absolute Gasteiger partial charge is 0.417 e. The second-order valence-corrected chi connectivity index (χ2v) is 6.26. The first kappa shape index (κ1) is 18.4. The Kier molecular flexibility index (Phi) is 5.26. The minimum atomic E-state index is -4.48. The Morgan fingerprint density at radius 3 is 2.58 bits per heavy atom. The molecule has 138 valence electrons. The summed E-state index contributed by atoms with van der Waals surface area (Å²) in [5.41, 5.74) is -0.590. The minimum Gasteiger partial charge on any atom is -0.355 e. The van der Waals surface area contributed by atoms with Gasteiger partial charge < -0.3 is 10.2 Å². The fraction of sp³-hybridized carbons (Fsp3) is 0.375. The van der Waals surface area contributed by atoms with Gasteiger partial charge in [-0.3, -0.25) is 4.79 Å². The first-order chi connectivity index (χ1) is 12.3. The van der Waals surface area contributed by atoms with Crippen LogP contribution in [0, 0.1) is 0 Å². The zero-order valence-electron chi connectivity index (χ0n) is 13.5. The summed E-state index contributed by atoms with van der Waals surface area (Å²) in [6.07, 6.45) is 0.335. The monoisotopic (exact) mass is 385 g/mol. The summed E-state index contributed by atoms with van der Waals surface area (Å²) in [7, 11) is 0. The van der Waals surface area contributed by atoms with Gasteiger partial charge in [0.25, 0.3) is 5.91 Å². The number of halogens is 4. The van der Waals surface area contributed by atoms with Gasteiger partial charge in [0.05, 0.1) is 10.6 Å². The number of rotatable bonds is 3. The Morgan fingerprint density at radius 1 is 1.27 bits per heavy atom. The Bertz CT molecular complexity index is 779. The highest BCUT2D eigenvalue weighted by molar-refractivity contribution is 6.33. The highest BCUT2D eigenvalue weighted by Gasteiger charge is 2.32. The van der Waals surface area contributed by atoms with Crippen LogP contribution >= 0.6 is 11.6 Å². The van der Waals surface area contributed by atoms with E-state index in [1.54, 1.807) is 0 Å². The van der Waals surface area contributed by atoms with Crippen molar-refractivity contribution in [3.05, 3.63) is 47.1 Å². The van der Waals surface area contributed by atoms with Crippen LogP contribution in [0.3, 0.4) is 0 Å². The second kappa shape index (κ2) is 7.45. The summed E-state index contributed by atoms with van der Waals surface area (Å²) >= 11 is 5.98. The molecule has 0 aliphatic carbocycles. The van der Waals surface area contributed by atoms with Gasteiger partial charge >= 0.3 is 6.18 Å². The summed E-state index contributed by atoms with van der Waals surface area (Å²) in [6, 6.07) is 2.35. The van der Waals surface area contributed by atoms with E-state index in [1.807, 2.05) is 4.90 Å². The average Bonchev–Trinajstić information content (AvgIpc) is 2.62. The van der Waals surface area contributed by atoms with E-state index in [0.29, 0.717) is 31.7 Å². The molecule has 1 fully saturated rings. The van der Waals surface area contributed by atoms with Crippen LogP contribution in [0.25, 0.3) is 0 Å². The highest BCUT2D eigenvalue weighted by atomic mass is 35.5. The Hall–Kier alpha value is -2.42. The van der Waals surface area contributed by atoms with Crippen molar-refractivity contribution in [2.24, 2.45) is 0 Å². The van der Waals surface area contributed by atoms with Crippen molar-refractivity contribution < 1.29 is 18.0 Å². The lowest BCUT2D eigenvalue weighted by Gasteiger charge is -2.33. The number of hydrogen-bond donors (Lipinski definition) is 1. The third kappa shape index (κ3) is 4.21. The van der Waals surface area contributed by atoms with Gasteiger partial charge in [0, 0.05) is 31.5 Å². The molecule has 2 aromatic heterocycles. The molecule has 6 nitrogen and oxygen atoms in total. The molecule has 3 heterocycles. The number of amides is 1. The van der Waals surface area contributed by atoms with Gasteiger partial charge in [-0.25, -0.2) is 15.0 Å². The van der Waals surface area contributed by atoms with Crippen molar-refractivity contribution in [2.75, 3.05) is 18.0 Å². The maximum absolute atomic E-state index is 12.7. The Balaban J connectivity index is 1.59. The first-order valence-corrected chi connectivity index (χ1v) is 8.27. The van der Waals surface area contributed by atoms with Crippen LogP contribution < -0.4 is 10.2 Å². The first-order valence-electron chi connectivity index (χ1n) is 7.89. The van der Waals surface area contributed by atoms with Crippen LogP contribution in [-0.4, -0.2) is 40.0 Å². The summed E-state index contributed by atoms with van der Waals surface area (Å²) in [5.74, 6) is 0.0387. The van der Waals surface area contributed by atoms with Crippen molar-refractivity contribution in [1.29, 1.82) is 0 Å². The molecule has 0 unspecified atom stereocenters. The maximum atomic E-state index is 12.7. The lowest BCUT2D eigenvalue weighted by Crippen LogP contribution is -2.45. The average molecular weight is 386 g/mol. The summed E-state index contributed by atoms with van der Waals surface area (Å²) in [6.45, 7) is 1.04. The van der Waals surface area contributed by atoms with Crippen molar-refractivity contribution in [1.82, 2.24) is 20.3 Å². The molecular formula is C16H15ClF3N5O. The molecular weight excluding hydrogens is 371 g/mol.